The first kappa shape index (κ1) is 18.7. The number of anilines is 1. The van der Waals surface area contributed by atoms with Gasteiger partial charge in [0.25, 0.3) is 5.91 Å². The van der Waals surface area contributed by atoms with Crippen molar-refractivity contribution in [3.63, 3.8) is 0 Å². The number of hydrogen-bond acceptors (Lipinski definition) is 3. The van der Waals surface area contributed by atoms with E-state index in [2.05, 4.69) is 17.3 Å². The molecule has 1 aromatic carbocycles. The molecule has 0 bridgehead atoms. The first-order valence-corrected chi connectivity index (χ1v) is 9.77. The minimum Gasteiger partial charge on any atom is -0.339 e. The molecule has 2 aliphatic rings. The lowest BCUT2D eigenvalue weighted by atomic mass is 10.1. The Morgan fingerprint density at radius 2 is 1.58 bits per heavy atom. The highest BCUT2D eigenvalue weighted by Gasteiger charge is 2.20. The molecule has 6 heteroatoms. The Balaban J connectivity index is 1.63. The summed E-state index contributed by atoms with van der Waals surface area (Å²) in [6.45, 7) is 5.06. The smallest absolute Gasteiger partial charge is 0.321 e. The topological polar surface area (TPSA) is 55.9 Å². The molecular formula is C20H30N4O2. The van der Waals surface area contributed by atoms with Gasteiger partial charge in [-0.15, -0.1) is 0 Å². The minimum absolute atomic E-state index is 0.0689. The predicted molar refractivity (Wildman–Crippen MR) is 104 cm³/mol. The van der Waals surface area contributed by atoms with E-state index in [9.17, 15) is 9.59 Å². The van der Waals surface area contributed by atoms with Crippen LogP contribution in [0, 0.1) is 0 Å². The van der Waals surface area contributed by atoms with Crippen LogP contribution in [0.5, 0.6) is 0 Å². The summed E-state index contributed by atoms with van der Waals surface area (Å²) in [6, 6.07) is 7.25. The fraction of sp³-hybridized carbons (Fsp3) is 0.600. The second kappa shape index (κ2) is 9.03. The van der Waals surface area contributed by atoms with E-state index in [1.165, 1.54) is 12.8 Å². The van der Waals surface area contributed by atoms with Crippen LogP contribution in [-0.4, -0.2) is 73.0 Å². The molecule has 2 saturated heterocycles. The molecule has 1 N–H and O–H groups in total. The molecule has 3 amide bonds. The SMILES string of the molecule is CN1CCCN(C(=O)Nc2cccc(C(=O)N3CCCCCC3)c2)CC1. The van der Waals surface area contributed by atoms with Crippen molar-refractivity contribution >= 4 is 17.6 Å². The zero-order chi connectivity index (χ0) is 18.4. The van der Waals surface area contributed by atoms with Crippen LogP contribution in [0.25, 0.3) is 0 Å². The Labute approximate surface area is 156 Å². The second-order valence-electron chi connectivity index (χ2n) is 7.36. The maximum atomic E-state index is 12.8. The fourth-order valence-electron chi connectivity index (χ4n) is 3.64. The van der Waals surface area contributed by atoms with Crippen molar-refractivity contribution in [3.05, 3.63) is 29.8 Å². The number of benzene rings is 1. The Bertz CT molecular complexity index is 626. The van der Waals surface area contributed by atoms with Crippen LogP contribution in [0.2, 0.25) is 0 Å². The molecular weight excluding hydrogens is 328 g/mol. The summed E-state index contributed by atoms with van der Waals surface area (Å²) in [5.74, 6) is 0.0689. The first-order valence-electron chi connectivity index (χ1n) is 9.77. The van der Waals surface area contributed by atoms with Gasteiger partial charge in [0.1, 0.15) is 0 Å². The van der Waals surface area contributed by atoms with Crippen molar-refractivity contribution in [3.8, 4) is 0 Å². The molecule has 0 aromatic heterocycles. The Kier molecular flexibility index (Phi) is 6.50. The highest BCUT2D eigenvalue weighted by molar-refractivity contribution is 5.97. The Hall–Kier alpha value is -2.08. The maximum Gasteiger partial charge on any atom is 0.321 e. The van der Waals surface area contributed by atoms with Gasteiger partial charge in [-0.1, -0.05) is 18.9 Å². The van der Waals surface area contributed by atoms with Crippen LogP contribution in [0.3, 0.4) is 0 Å². The molecule has 2 aliphatic heterocycles. The van der Waals surface area contributed by atoms with Crippen LogP contribution in [0.4, 0.5) is 10.5 Å². The van der Waals surface area contributed by atoms with Gasteiger partial charge in [-0.05, 0) is 51.1 Å². The normalized spacial score (nSPS) is 19.6. The third-order valence-corrected chi connectivity index (χ3v) is 5.26. The van der Waals surface area contributed by atoms with E-state index in [0.717, 1.165) is 58.5 Å². The number of rotatable bonds is 2. The number of nitrogens with one attached hydrogen (secondary N) is 1. The number of likely N-dealkylation sites (tertiary alicyclic amines) is 1. The van der Waals surface area contributed by atoms with E-state index in [4.69, 9.17) is 0 Å². The lowest BCUT2D eigenvalue weighted by Crippen LogP contribution is -2.37. The third kappa shape index (κ3) is 4.97. The van der Waals surface area contributed by atoms with Crippen LogP contribution in [0.1, 0.15) is 42.5 Å². The van der Waals surface area contributed by atoms with Crippen molar-refractivity contribution in [1.29, 1.82) is 0 Å². The van der Waals surface area contributed by atoms with Crippen molar-refractivity contribution in [2.45, 2.75) is 32.1 Å². The molecule has 0 aliphatic carbocycles. The summed E-state index contributed by atoms with van der Waals surface area (Å²) >= 11 is 0. The number of carbonyl (C=O) groups is 2. The van der Waals surface area contributed by atoms with Gasteiger partial charge in [0, 0.05) is 44.0 Å². The van der Waals surface area contributed by atoms with Crippen molar-refractivity contribution < 1.29 is 9.59 Å². The van der Waals surface area contributed by atoms with E-state index >= 15 is 0 Å². The predicted octanol–water partition coefficient (Wildman–Crippen LogP) is 2.87. The molecule has 6 nitrogen and oxygen atoms in total. The second-order valence-corrected chi connectivity index (χ2v) is 7.36. The number of nitrogens with zero attached hydrogens (tertiary/aromatic N) is 3. The highest BCUT2D eigenvalue weighted by Crippen LogP contribution is 2.17. The maximum absolute atomic E-state index is 12.8. The number of urea groups is 1. The fourth-order valence-corrected chi connectivity index (χ4v) is 3.64. The lowest BCUT2D eigenvalue weighted by Gasteiger charge is -2.22. The summed E-state index contributed by atoms with van der Waals surface area (Å²) in [5, 5.41) is 2.96. The summed E-state index contributed by atoms with van der Waals surface area (Å²) < 4.78 is 0. The summed E-state index contributed by atoms with van der Waals surface area (Å²) in [7, 11) is 2.08. The van der Waals surface area contributed by atoms with E-state index in [1.54, 1.807) is 6.07 Å². The van der Waals surface area contributed by atoms with Crippen molar-refractivity contribution in [2.75, 3.05) is 51.6 Å². The van der Waals surface area contributed by atoms with Gasteiger partial charge in [0.15, 0.2) is 0 Å². The van der Waals surface area contributed by atoms with E-state index in [0.29, 0.717) is 11.3 Å². The van der Waals surface area contributed by atoms with Crippen molar-refractivity contribution in [1.82, 2.24) is 14.7 Å². The van der Waals surface area contributed by atoms with Crippen LogP contribution in [-0.2, 0) is 0 Å². The average molecular weight is 358 g/mol. The lowest BCUT2D eigenvalue weighted by molar-refractivity contribution is 0.0761. The van der Waals surface area contributed by atoms with Gasteiger partial charge in [-0.2, -0.15) is 0 Å². The molecule has 2 fully saturated rings. The van der Waals surface area contributed by atoms with Gasteiger partial charge in [-0.3, -0.25) is 4.79 Å². The molecule has 0 saturated carbocycles. The van der Waals surface area contributed by atoms with Crippen LogP contribution >= 0.6 is 0 Å². The number of amides is 3. The molecule has 3 rings (SSSR count). The summed E-state index contributed by atoms with van der Waals surface area (Å²) in [6.07, 6.45) is 5.53. The molecule has 0 spiro atoms. The largest absolute Gasteiger partial charge is 0.339 e. The minimum atomic E-state index is -0.0836. The molecule has 1 aromatic rings. The Morgan fingerprint density at radius 3 is 2.35 bits per heavy atom. The third-order valence-electron chi connectivity index (χ3n) is 5.26. The molecule has 142 valence electrons. The van der Waals surface area contributed by atoms with Crippen LogP contribution < -0.4 is 5.32 Å². The number of likely N-dealkylation sites (N-methyl/N-ethyl adjacent to an activating group) is 1. The zero-order valence-electron chi connectivity index (χ0n) is 15.7. The van der Waals surface area contributed by atoms with E-state index < -0.39 is 0 Å². The van der Waals surface area contributed by atoms with E-state index in [-0.39, 0.29) is 11.9 Å². The zero-order valence-corrected chi connectivity index (χ0v) is 15.7. The average Bonchev–Trinajstić information content (AvgIpc) is 3.04. The van der Waals surface area contributed by atoms with Gasteiger partial charge < -0.3 is 20.0 Å². The van der Waals surface area contributed by atoms with Gasteiger partial charge >= 0.3 is 6.03 Å². The van der Waals surface area contributed by atoms with Crippen molar-refractivity contribution in [2.24, 2.45) is 0 Å². The van der Waals surface area contributed by atoms with E-state index in [1.807, 2.05) is 28.0 Å². The monoisotopic (exact) mass is 358 g/mol. The molecule has 2 heterocycles. The van der Waals surface area contributed by atoms with Crippen LogP contribution in [0.15, 0.2) is 24.3 Å². The summed E-state index contributed by atoms with van der Waals surface area (Å²) in [5.41, 5.74) is 1.34. The van der Waals surface area contributed by atoms with Gasteiger partial charge in [0.2, 0.25) is 0 Å². The summed E-state index contributed by atoms with van der Waals surface area (Å²) in [4.78, 5) is 31.4. The van der Waals surface area contributed by atoms with Gasteiger partial charge in [-0.25, -0.2) is 4.79 Å². The standard InChI is InChI=1S/C20H30N4O2/c1-22-10-7-13-24(15-14-22)20(26)21-18-9-6-8-17(16-18)19(25)23-11-4-2-3-5-12-23/h6,8-9,16H,2-5,7,10-15H2,1H3,(H,21,26). The highest BCUT2D eigenvalue weighted by atomic mass is 16.2. The quantitative estimate of drug-likeness (QED) is 0.884. The molecule has 0 atom stereocenters. The molecule has 0 radical (unpaired) electrons. The molecule has 0 unspecified atom stereocenters. The number of carbonyl (C=O) groups excluding carboxylic acids is 2. The number of hydrogen-bond donors (Lipinski definition) is 1. The molecule has 26 heavy (non-hydrogen) atoms. The van der Waals surface area contributed by atoms with Gasteiger partial charge in [0.05, 0.1) is 0 Å². The Morgan fingerprint density at radius 1 is 0.846 bits per heavy atom. The first-order chi connectivity index (χ1) is 12.6.